The lowest BCUT2D eigenvalue weighted by molar-refractivity contribution is -0.172. The second-order valence-corrected chi connectivity index (χ2v) is 8.58. The fourth-order valence-electron chi connectivity index (χ4n) is 4.01. The van der Waals surface area contributed by atoms with Crippen molar-refractivity contribution in [1.29, 1.82) is 0 Å². The minimum absolute atomic E-state index is 0.0981. The molecule has 0 radical (unpaired) electrons. The number of fused-ring (bicyclic) bond motifs is 1. The van der Waals surface area contributed by atoms with E-state index >= 15 is 0 Å². The predicted octanol–water partition coefficient (Wildman–Crippen LogP) is -0.910. The largest absolute Gasteiger partial charge is 0.477 e. The van der Waals surface area contributed by atoms with E-state index in [1.807, 2.05) is 6.92 Å². The SMILES string of the molecule is C[C@@H](O)[C@H]1C(=O)N2C(C(=O)O)=C(S[C@H]3[C@@H](C(=O)N(C)C)O[C@@H]3CO)[C@H](C)[C@H]12. The van der Waals surface area contributed by atoms with Gasteiger partial charge in [0.2, 0.25) is 5.91 Å². The Balaban J connectivity index is 1.89. The average Bonchev–Trinajstić information content (AvgIpc) is 2.80. The number of β-lactam (4-membered cyclic amide) rings is 1. The van der Waals surface area contributed by atoms with Crippen LogP contribution in [0.4, 0.5) is 0 Å². The first-order chi connectivity index (χ1) is 12.6. The van der Waals surface area contributed by atoms with Gasteiger partial charge in [0.1, 0.15) is 5.70 Å². The van der Waals surface area contributed by atoms with Gasteiger partial charge in [-0.15, -0.1) is 11.8 Å². The summed E-state index contributed by atoms with van der Waals surface area (Å²) in [5.74, 6) is -2.83. The van der Waals surface area contributed by atoms with Crippen molar-refractivity contribution >= 4 is 29.5 Å². The zero-order chi connectivity index (χ0) is 20.2. The molecule has 0 aromatic rings. The van der Waals surface area contributed by atoms with Crippen molar-refractivity contribution in [3.63, 3.8) is 0 Å². The van der Waals surface area contributed by atoms with Crippen LogP contribution in [0.5, 0.6) is 0 Å². The zero-order valence-electron chi connectivity index (χ0n) is 15.5. The van der Waals surface area contributed by atoms with Crippen molar-refractivity contribution in [2.75, 3.05) is 20.7 Å². The number of carboxylic acid groups (broad SMARTS) is 1. The van der Waals surface area contributed by atoms with Crippen LogP contribution in [0.1, 0.15) is 13.8 Å². The van der Waals surface area contributed by atoms with Gasteiger partial charge < -0.3 is 29.9 Å². The molecule has 3 heterocycles. The molecule has 0 bridgehead atoms. The van der Waals surface area contributed by atoms with Gasteiger partial charge in [-0.2, -0.15) is 0 Å². The minimum Gasteiger partial charge on any atom is -0.477 e. The molecule has 2 saturated heterocycles. The molecule has 7 atom stereocenters. The minimum atomic E-state index is -1.22. The highest BCUT2D eigenvalue weighted by Gasteiger charge is 2.61. The van der Waals surface area contributed by atoms with Crippen molar-refractivity contribution in [1.82, 2.24) is 9.80 Å². The van der Waals surface area contributed by atoms with Crippen LogP contribution in [0.3, 0.4) is 0 Å². The Labute approximate surface area is 160 Å². The molecule has 3 aliphatic rings. The maximum absolute atomic E-state index is 12.4. The lowest BCUT2D eigenvalue weighted by atomic mass is 9.79. The quantitative estimate of drug-likeness (QED) is 0.489. The van der Waals surface area contributed by atoms with E-state index in [9.17, 15) is 29.7 Å². The van der Waals surface area contributed by atoms with Crippen LogP contribution >= 0.6 is 11.8 Å². The highest BCUT2D eigenvalue weighted by Crippen LogP contribution is 2.53. The van der Waals surface area contributed by atoms with Crippen molar-refractivity contribution in [3.05, 3.63) is 10.6 Å². The van der Waals surface area contributed by atoms with Crippen LogP contribution < -0.4 is 0 Å². The smallest absolute Gasteiger partial charge is 0.353 e. The Bertz CT molecular complexity index is 707. The Morgan fingerprint density at radius 3 is 2.48 bits per heavy atom. The number of carbonyl (C=O) groups is 3. The third-order valence-electron chi connectivity index (χ3n) is 5.42. The molecule has 9 nitrogen and oxygen atoms in total. The maximum atomic E-state index is 12.4. The zero-order valence-corrected chi connectivity index (χ0v) is 16.3. The van der Waals surface area contributed by atoms with Gasteiger partial charge in [-0.25, -0.2) is 4.79 Å². The second-order valence-electron chi connectivity index (χ2n) is 7.36. The van der Waals surface area contributed by atoms with E-state index in [0.717, 1.165) is 0 Å². The number of aliphatic carboxylic acids is 1. The molecule has 150 valence electrons. The summed E-state index contributed by atoms with van der Waals surface area (Å²) in [6.07, 6.45) is -2.25. The summed E-state index contributed by atoms with van der Waals surface area (Å²) in [4.78, 5) is 39.6. The number of hydrogen-bond donors (Lipinski definition) is 3. The molecule has 10 heteroatoms. The number of likely N-dealkylation sites (N-methyl/N-ethyl adjacent to an activating group) is 1. The molecule has 0 aromatic carbocycles. The van der Waals surface area contributed by atoms with Crippen molar-refractivity contribution in [3.8, 4) is 0 Å². The van der Waals surface area contributed by atoms with Gasteiger partial charge in [-0.05, 0) is 6.92 Å². The fraction of sp³-hybridized carbons (Fsp3) is 0.706. The molecule has 0 aliphatic carbocycles. The first-order valence-electron chi connectivity index (χ1n) is 8.74. The average molecular weight is 400 g/mol. The Hall–Kier alpha value is -1.62. The molecular formula is C17H24N2O7S. The van der Waals surface area contributed by atoms with Gasteiger partial charge in [0.15, 0.2) is 6.10 Å². The van der Waals surface area contributed by atoms with Gasteiger partial charge in [0.25, 0.3) is 5.91 Å². The molecule has 3 aliphatic heterocycles. The lowest BCUT2D eigenvalue weighted by Gasteiger charge is -2.46. The number of thioether (sulfide) groups is 1. The highest BCUT2D eigenvalue weighted by molar-refractivity contribution is 8.03. The van der Waals surface area contributed by atoms with Crippen LogP contribution in [0.2, 0.25) is 0 Å². The molecule has 0 spiro atoms. The number of carboxylic acids is 1. The molecule has 27 heavy (non-hydrogen) atoms. The van der Waals surface area contributed by atoms with E-state index in [-0.39, 0.29) is 24.1 Å². The molecule has 3 N–H and O–H groups in total. The summed E-state index contributed by atoms with van der Waals surface area (Å²) in [6, 6.07) is -0.414. The molecule has 2 fully saturated rings. The maximum Gasteiger partial charge on any atom is 0.353 e. The predicted molar refractivity (Wildman–Crippen MR) is 95.5 cm³/mol. The highest BCUT2D eigenvalue weighted by atomic mass is 32.2. The van der Waals surface area contributed by atoms with Crippen molar-refractivity contribution < 1.29 is 34.4 Å². The molecule has 0 saturated carbocycles. The number of ether oxygens (including phenoxy) is 1. The third-order valence-corrected chi connectivity index (χ3v) is 7.07. The Morgan fingerprint density at radius 1 is 1.37 bits per heavy atom. The number of carbonyl (C=O) groups excluding carboxylic acids is 2. The first-order valence-corrected chi connectivity index (χ1v) is 9.62. The van der Waals surface area contributed by atoms with Crippen LogP contribution in [0, 0.1) is 11.8 Å². The monoisotopic (exact) mass is 400 g/mol. The number of rotatable bonds is 6. The molecule has 2 amide bonds. The van der Waals surface area contributed by atoms with E-state index in [4.69, 9.17) is 4.74 Å². The number of amides is 2. The van der Waals surface area contributed by atoms with E-state index in [1.165, 1.54) is 28.5 Å². The number of aliphatic hydroxyl groups is 2. The first kappa shape index (κ1) is 20.1. The van der Waals surface area contributed by atoms with Gasteiger partial charge >= 0.3 is 5.97 Å². The van der Waals surface area contributed by atoms with Gasteiger partial charge in [0, 0.05) is 24.9 Å². The summed E-state index contributed by atoms with van der Waals surface area (Å²) >= 11 is 1.18. The van der Waals surface area contributed by atoms with E-state index in [0.29, 0.717) is 4.91 Å². The molecular weight excluding hydrogens is 376 g/mol. The summed E-state index contributed by atoms with van der Waals surface area (Å²) in [5.41, 5.74) is -0.0981. The van der Waals surface area contributed by atoms with Crippen LogP contribution in [0.15, 0.2) is 10.6 Å². The van der Waals surface area contributed by atoms with Crippen molar-refractivity contribution in [2.24, 2.45) is 11.8 Å². The lowest BCUT2D eigenvalue weighted by Crippen LogP contribution is -2.63. The number of nitrogens with zero attached hydrogens (tertiary/aromatic N) is 2. The Kier molecular flexibility index (Phi) is 5.28. The van der Waals surface area contributed by atoms with Crippen LogP contribution in [0.25, 0.3) is 0 Å². The molecule has 0 unspecified atom stereocenters. The summed E-state index contributed by atoms with van der Waals surface area (Å²) in [6.45, 7) is 3.04. The number of hydrogen-bond acceptors (Lipinski definition) is 7. The Morgan fingerprint density at radius 2 is 2.00 bits per heavy atom. The fourth-order valence-corrected chi connectivity index (χ4v) is 5.56. The van der Waals surface area contributed by atoms with E-state index < -0.39 is 47.4 Å². The summed E-state index contributed by atoms with van der Waals surface area (Å²) in [5, 5.41) is 28.6. The van der Waals surface area contributed by atoms with Crippen molar-refractivity contribution in [2.45, 2.75) is 43.5 Å². The summed E-state index contributed by atoms with van der Waals surface area (Å²) in [7, 11) is 3.19. The van der Waals surface area contributed by atoms with Gasteiger partial charge in [-0.1, -0.05) is 6.92 Å². The van der Waals surface area contributed by atoms with Gasteiger partial charge in [-0.3, -0.25) is 9.59 Å². The normalized spacial score (nSPS) is 36.1. The molecule has 0 aromatic heterocycles. The van der Waals surface area contributed by atoms with E-state index in [2.05, 4.69) is 0 Å². The van der Waals surface area contributed by atoms with Crippen LogP contribution in [-0.4, -0.2) is 93.2 Å². The van der Waals surface area contributed by atoms with E-state index in [1.54, 1.807) is 14.1 Å². The van der Waals surface area contributed by atoms with Gasteiger partial charge in [0.05, 0.1) is 36.0 Å². The standard InChI is InChI=1S/C17H24N2O7S/c1-6-10-9(7(2)21)15(22)19(10)11(17(24)25)13(6)27-14-8(5-20)26-12(14)16(23)18(3)4/h6-10,12,14,20-21H,5H2,1-4H3,(H,24,25)/t6-,7-,8-,9-,10-,12+,14-/m1/s1. The second kappa shape index (κ2) is 7.08. The third kappa shape index (κ3) is 2.95. The van der Waals surface area contributed by atoms with Crippen LogP contribution in [-0.2, 0) is 19.1 Å². The summed E-state index contributed by atoms with van der Waals surface area (Å²) < 4.78 is 5.46. The topological polar surface area (TPSA) is 128 Å². The molecule has 3 rings (SSSR count). The number of aliphatic hydroxyl groups excluding tert-OH is 2.